The molecule has 2 aliphatic carbocycles. The minimum Gasteiger partial charge on any atom is -0.480 e. The van der Waals surface area contributed by atoms with Gasteiger partial charge in [0.2, 0.25) is 0 Å². The van der Waals surface area contributed by atoms with E-state index in [-0.39, 0.29) is 5.92 Å². The predicted molar refractivity (Wildman–Crippen MR) is 71.1 cm³/mol. The van der Waals surface area contributed by atoms with E-state index in [1.165, 1.54) is 6.42 Å². The van der Waals surface area contributed by atoms with Gasteiger partial charge in [-0.2, -0.15) is 0 Å². The fraction of sp³-hybridized carbons (Fsp3) is 0.643. The Labute approximate surface area is 112 Å². The fourth-order valence-corrected chi connectivity index (χ4v) is 2.78. The third kappa shape index (κ3) is 2.69. The van der Waals surface area contributed by atoms with Crippen LogP contribution in [0.5, 0.6) is 0 Å². The Balaban J connectivity index is 1.85. The summed E-state index contributed by atoms with van der Waals surface area (Å²) < 4.78 is 0. The molecule has 5 heteroatoms. The maximum Gasteiger partial charge on any atom is 0.326 e. The van der Waals surface area contributed by atoms with Crippen LogP contribution in [0.4, 0.5) is 5.82 Å². The van der Waals surface area contributed by atoms with Gasteiger partial charge in [0.05, 0.1) is 0 Å². The Morgan fingerprint density at radius 2 is 2.05 bits per heavy atom. The molecule has 2 aliphatic rings. The van der Waals surface area contributed by atoms with Gasteiger partial charge in [0.15, 0.2) is 0 Å². The molecular weight excluding hydrogens is 242 g/mol. The molecule has 0 aliphatic heterocycles. The summed E-state index contributed by atoms with van der Waals surface area (Å²) in [5.41, 5.74) is 2.22. The average Bonchev–Trinajstić information content (AvgIpc) is 3.21. The van der Waals surface area contributed by atoms with E-state index in [9.17, 15) is 9.90 Å². The first-order chi connectivity index (χ1) is 9.25. The molecule has 2 N–H and O–H groups in total. The molecular formula is C14H19N3O2. The number of aromatic nitrogens is 2. The van der Waals surface area contributed by atoms with Crippen molar-refractivity contribution in [3.8, 4) is 0 Å². The molecule has 1 saturated carbocycles. The lowest BCUT2D eigenvalue weighted by Crippen LogP contribution is -2.32. The number of hydrogen-bond donors (Lipinski definition) is 2. The summed E-state index contributed by atoms with van der Waals surface area (Å²) in [5.74, 6) is 0.226. The van der Waals surface area contributed by atoms with Crippen LogP contribution in [-0.4, -0.2) is 27.1 Å². The van der Waals surface area contributed by atoms with Crippen molar-refractivity contribution in [3.63, 3.8) is 0 Å². The van der Waals surface area contributed by atoms with Crippen molar-refractivity contribution in [1.29, 1.82) is 0 Å². The molecule has 0 spiro atoms. The van der Waals surface area contributed by atoms with Gasteiger partial charge < -0.3 is 10.4 Å². The summed E-state index contributed by atoms with van der Waals surface area (Å²) in [6, 6.07) is -0.498. The number of anilines is 1. The molecule has 1 aromatic rings. The summed E-state index contributed by atoms with van der Waals surface area (Å²) in [6.07, 6.45) is 8.99. The molecule has 1 fully saturated rings. The van der Waals surface area contributed by atoms with E-state index in [1.807, 2.05) is 0 Å². The highest BCUT2D eigenvalue weighted by atomic mass is 16.4. The Morgan fingerprint density at radius 1 is 1.26 bits per heavy atom. The molecule has 5 nitrogen and oxygen atoms in total. The first-order valence-electron chi connectivity index (χ1n) is 7.08. The topological polar surface area (TPSA) is 75.1 Å². The van der Waals surface area contributed by atoms with Crippen LogP contribution in [0, 0.1) is 5.92 Å². The standard InChI is InChI=1S/C14H19N3O2/c18-14(19)12(9-6-7-9)17-13-10-4-2-1-3-5-11(10)15-8-16-13/h8-9,12H,1-7H2,(H,18,19)(H,15,16,17). The van der Waals surface area contributed by atoms with Crippen LogP contribution in [-0.2, 0) is 17.6 Å². The number of carboxylic acid groups (broad SMARTS) is 1. The van der Waals surface area contributed by atoms with Gasteiger partial charge in [-0.15, -0.1) is 0 Å². The number of carboxylic acids is 1. The number of fused-ring (bicyclic) bond motifs is 1. The lowest BCUT2D eigenvalue weighted by atomic mass is 10.1. The Morgan fingerprint density at radius 3 is 2.79 bits per heavy atom. The van der Waals surface area contributed by atoms with Crippen molar-refractivity contribution in [2.24, 2.45) is 5.92 Å². The van der Waals surface area contributed by atoms with E-state index < -0.39 is 12.0 Å². The van der Waals surface area contributed by atoms with E-state index in [2.05, 4.69) is 15.3 Å². The molecule has 0 amide bonds. The maximum atomic E-state index is 11.3. The molecule has 0 radical (unpaired) electrons. The molecule has 1 heterocycles. The second kappa shape index (κ2) is 5.15. The predicted octanol–water partition coefficient (Wildman–Crippen LogP) is 2.02. The van der Waals surface area contributed by atoms with Crippen molar-refractivity contribution >= 4 is 11.8 Å². The first kappa shape index (κ1) is 12.4. The van der Waals surface area contributed by atoms with Crippen LogP contribution < -0.4 is 5.32 Å². The fourth-order valence-electron chi connectivity index (χ4n) is 2.78. The second-order valence-electron chi connectivity index (χ2n) is 5.51. The minimum atomic E-state index is -0.775. The third-order valence-corrected chi connectivity index (χ3v) is 4.03. The zero-order chi connectivity index (χ0) is 13.2. The van der Waals surface area contributed by atoms with Gasteiger partial charge in [0, 0.05) is 11.3 Å². The van der Waals surface area contributed by atoms with E-state index in [1.54, 1.807) is 6.33 Å². The van der Waals surface area contributed by atoms with Crippen molar-refractivity contribution in [2.45, 2.75) is 51.0 Å². The highest BCUT2D eigenvalue weighted by Crippen LogP contribution is 2.35. The summed E-state index contributed by atoms with van der Waals surface area (Å²) in [6.45, 7) is 0. The van der Waals surface area contributed by atoms with Gasteiger partial charge in [-0.3, -0.25) is 0 Å². The Hall–Kier alpha value is -1.65. The monoisotopic (exact) mass is 261 g/mol. The van der Waals surface area contributed by atoms with Crippen LogP contribution >= 0.6 is 0 Å². The molecule has 1 unspecified atom stereocenters. The number of carbonyl (C=O) groups is 1. The first-order valence-corrected chi connectivity index (χ1v) is 7.08. The Bertz CT molecular complexity index is 486. The number of hydrogen-bond acceptors (Lipinski definition) is 4. The normalized spacial score (nSPS) is 20.2. The van der Waals surface area contributed by atoms with Crippen molar-refractivity contribution in [1.82, 2.24) is 9.97 Å². The largest absolute Gasteiger partial charge is 0.480 e. The molecule has 3 rings (SSSR count). The van der Waals surface area contributed by atoms with Crippen molar-refractivity contribution < 1.29 is 9.90 Å². The molecule has 0 aromatic carbocycles. The summed E-state index contributed by atoms with van der Waals surface area (Å²) >= 11 is 0. The average molecular weight is 261 g/mol. The van der Waals surface area contributed by atoms with Crippen LogP contribution in [0.15, 0.2) is 6.33 Å². The van der Waals surface area contributed by atoms with Gasteiger partial charge in [-0.05, 0) is 44.4 Å². The van der Waals surface area contributed by atoms with Gasteiger partial charge in [-0.1, -0.05) is 6.42 Å². The third-order valence-electron chi connectivity index (χ3n) is 4.03. The van der Waals surface area contributed by atoms with Crippen LogP contribution in [0.25, 0.3) is 0 Å². The summed E-state index contributed by atoms with van der Waals surface area (Å²) in [5, 5.41) is 12.4. The molecule has 0 bridgehead atoms. The van der Waals surface area contributed by atoms with E-state index >= 15 is 0 Å². The maximum absolute atomic E-state index is 11.3. The minimum absolute atomic E-state index is 0.258. The molecule has 102 valence electrons. The van der Waals surface area contributed by atoms with E-state index in [4.69, 9.17) is 0 Å². The zero-order valence-electron chi connectivity index (χ0n) is 10.9. The SMILES string of the molecule is O=C(O)C(Nc1ncnc2c1CCCCC2)C1CC1. The lowest BCUT2D eigenvalue weighted by Gasteiger charge is -2.17. The molecule has 1 atom stereocenters. The van der Waals surface area contributed by atoms with Gasteiger partial charge in [0.25, 0.3) is 0 Å². The number of nitrogens with zero attached hydrogens (tertiary/aromatic N) is 2. The Kier molecular flexibility index (Phi) is 3.36. The van der Waals surface area contributed by atoms with Crippen molar-refractivity contribution in [2.75, 3.05) is 5.32 Å². The number of aryl methyl sites for hydroxylation is 1. The number of rotatable bonds is 4. The van der Waals surface area contributed by atoms with Crippen molar-refractivity contribution in [3.05, 3.63) is 17.6 Å². The van der Waals surface area contributed by atoms with Gasteiger partial charge >= 0.3 is 5.97 Å². The second-order valence-corrected chi connectivity index (χ2v) is 5.51. The zero-order valence-corrected chi connectivity index (χ0v) is 10.9. The molecule has 1 aromatic heterocycles. The highest BCUT2D eigenvalue weighted by molar-refractivity contribution is 5.78. The van der Waals surface area contributed by atoms with Crippen LogP contribution in [0.1, 0.15) is 43.4 Å². The van der Waals surface area contributed by atoms with Gasteiger partial charge in [-0.25, -0.2) is 14.8 Å². The quantitative estimate of drug-likeness (QED) is 0.811. The van der Waals surface area contributed by atoms with Gasteiger partial charge in [0.1, 0.15) is 18.2 Å². The highest BCUT2D eigenvalue weighted by Gasteiger charge is 2.37. The van der Waals surface area contributed by atoms with E-state index in [0.29, 0.717) is 0 Å². The number of aliphatic carboxylic acids is 1. The number of nitrogens with one attached hydrogen (secondary N) is 1. The van der Waals surface area contributed by atoms with Crippen LogP contribution in [0.2, 0.25) is 0 Å². The summed E-state index contributed by atoms with van der Waals surface area (Å²) in [4.78, 5) is 19.9. The lowest BCUT2D eigenvalue weighted by molar-refractivity contribution is -0.138. The van der Waals surface area contributed by atoms with E-state index in [0.717, 1.165) is 55.6 Å². The van der Waals surface area contributed by atoms with Crippen LogP contribution in [0.3, 0.4) is 0 Å². The smallest absolute Gasteiger partial charge is 0.326 e. The summed E-state index contributed by atoms with van der Waals surface area (Å²) in [7, 11) is 0. The molecule has 19 heavy (non-hydrogen) atoms. The molecule has 0 saturated heterocycles.